The quantitative estimate of drug-likeness (QED) is 0.526. The number of hydrogen-bond acceptors (Lipinski definition) is 0. The third kappa shape index (κ3) is 2.14. The van der Waals surface area contributed by atoms with Crippen LogP contribution in [0, 0.1) is 6.07 Å². The Kier molecular flexibility index (Phi) is 3.76. The van der Waals surface area contributed by atoms with E-state index in [9.17, 15) is 0 Å². The largest absolute Gasteiger partial charge is 0.0616 e. The molecule has 2 aromatic carbocycles. The van der Waals surface area contributed by atoms with E-state index in [1.165, 1.54) is 10.8 Å². The van der Waals surface area contributed by atoms with Crippen LogP contribution in [0.25, 0.3) is 10.8 Å². The third-order valence-corrected chi connectivity index (χ3v) is 1.59. The number of rotatable bonds is 0. The van der Waals surface area contributed by atoms with Crippen LogP contribution < -0.4 is 0 Å². The van der Waals surface area contributed by atoms with Gasteiger partial charge in [-0.05, 0) is 22.9 Å². The van der Waals surface area contributed by atoms with Crippen molar-refractivity contribution in [3.8, 4) is 0 Å². The smallest absolute Gasteiger partial charge is 0.0177 e. The second-order valence-corrected chi connectivity index (χ2v) is 2.27. The molecule has 11 heavy (non-hydrogen) atoms. The van der Waals surface area contributed by atoms with Crippen molar-refractivity contribution < 1.29 is 0 Å². The van der Waals surface area contributed by atoms with Crippen molar-refractivity contribution in [2.24, 2.45) is 0 Å². The van der Waals surface area contributed by atoms with E-state index in [-0.39, 0.29) is 51.4 Å². The van der Waals surface area contributed by atoms with Crippen molar-refractivity contribution in [3.05, 3.63) is 48.5 Å². The summed E-state index contributed by atoms with van der Waals surface area (Å²) in [7, 11) is 0. The van der Waals surface area contributed by atoms with Gasteiger partial charge in [0, 0.05) is 0 Å². The first kappa shape index (κ1) is 9.42. The predicted molar refractivity (Wildman–Crippen MR) is 49.9 cm³/mol. The Hall–Kier alpha value is 0.336. The zero-order valence-corrected chi connectivity index (χ0v) is 5.54. The van der Waals surface area contributed by atoms with E-state index >= 15 is 0 Å². The molecule has 0 unspecified atom stereocenters. The van der Waals surface area contributed by atoms with E-state index in [0.29, 0.717) is 0 Å². The molecule has 0 saturated heterocycles. The van der Waals surface area contributed by atoms with Gasteiger partial charge in [-0.1, -0.05) is 36.4 Å². The van der Waals surface area contributed by atoms with Crippen LogP contribution in [0.3, 0.4) is 0 Å². The van der Waals surface area contributed by atoms with Crippen molar-refractivity contribution in [1.82, 2.24) is 0 Å². The second-order valence-electron chi connectivity index (χ2n) is 2.27. The van der Waals surface area contributed by atoms with Crippen molar-refractivity contribution in [3.63, 3.8) is 0 Å². The van der Waals surface area contributed by atoms with Gasteiger partial charge in [0.1, 0.15) is 0 Å². The minimum atomic E-state index is 0. The maximum Gasteiger partial charge on any atom is -0.0177 e. The van der Waals surface area contributed by atoms with Crippen LogP contribution in [0.4, 0.5) is 0 Å². The van der Waals surface area contributed by atoms with Crippen LogP contribution in [-0.2, 0) is 0 Å². The van der Waals surface area contributed by atoms with Gasteiger partial charge in [-0.3, -0.25) is 0 Å². The van der Waals surface area contributed by atoms with Crippen LogP contribution in [-0.4, -0.2) is 51.4 Å². The van der Waals surface area contributed by atoms with Crippen molar-refractivity contribution in [1.29, 1.82) is 0 Å². The van der Waals surface area contributed by atoms with Gasteiger partial charge >= 0.3 is 51.4 Å². The van der Waals surface area contributed by atoms with Gasteiger partial charge in [0.05, 0.1) is 0 Å². The first-order valence-electron chi connectivity index (χ1n) is 3.32. The number of fused-ring (bicyclic) bond motifs is 1. The number of hydrogen-bond donors (Lipinski definition) is 0. The molecule has 0 amide bonds. The molecule has 2 aromatic rings. The van der Waals surface area contributed by atoms with Gasteiger partial charge in [-0.2, -0.15) is 0 Å². The van der Waals surface area contributed by atoms with Crippen LogP contribution in [0.15, 0.2) is 42.5 Å². The molecule has 1 radical (unpaired) electrons. The molecule has 0 nitrogen and oxygen atoms in total. The Balaban J connectivity index is 0.000000605. The summed E-state index contributed by atoms with van der Waals surface area (Å²) in [6, 6.07) is 17.3. The van der Waals surface area contributed by atoms with Gasteiger partial charge in [0.2, 0.25) is 0 Å². The molecule has 0 bridgehead atoms. The summed E-state index contributed by atoms with van der Waals surface area (Å²) in [6.45, 7) is 0. The first-order valence-corrected chi connectivity index (χ1v) is 3.32. The Bertz CT molecular complexity index is 276. The molecule has 0 saturated carbocycles. The van der Waals surface area contributed by atoms with E-state index in [2.05, 4.69) is 24.3 Å². The fraction of sp³-hybridized carbons (Fsp3) is 0. The van der Waals surface area contributed by atoms with Crippen LogP contribution in [0.2, 0.25) is 0 Å². The van der Waals surface area contributed by atoms with Gasteiger partial charge in [0.15, 0.2) is 0 Å². The molecule has 0 aromatic heterocycles. The van der Waals surface area contributed by atoms with Crippen molar-refractivity contribution in [2.45, 2.75) is 0 Å². The monoisotopic (exact) mass is 167 g/mol. The summed E-state index contributed by atoms with van der Waals surface area (Å²) in [6.07, 6.45) is 0. The zero-order valence-electron chi connectivity index (χ0n) is 5.54. The number of benzene rings is 2. The summed E-state index contributed by atoms with van der Waals surface area (Å²) in [5, 5.41) is 2.53. The Morgan fingerprint density at radius 2 is 1.64 bits per heavy atom. The fourth-order valence-electron chi connectivity index (χ4n) is 1.07. The van der Waals surface area contributed by atoms with E-state index < -0.39 is 0 Å². The molecule has 0 spiro atoms. The van der Waals surface area contributed by atoms with E-state index in [4.69, 9.17) is 0 Å². The summed E-state index contributed by atoms with van der Waals surface area (Å²) in [5.41, 5.74) is 0. The van der Waals surface area contributed by atoms with Gasteiger partial charge in [0.25, 0.3) is 0 Å². The third-order valence-electron chi connectivity index (χ3n) is 1.59. The maximum atomic E-state index is 3.04. The minimum absolute atomic E-state index is 0. The Morgan fingerprint density at radius 3 is 2.36 bits per heavy atom. The molecule has 0 fully saturated rings. The SMILES string of the molecule is [KH].[c]1ccc2ccccc2c1. The molecule has 0 aliphatic carbocycles. The minimum Gasteiger partial charge on any atom is -0.0616 e. The van der Waals surface area contributed by atoms with Crippen LogP contribution >= 0.6 is 0 Å². The van der Waals surface area contributed by atoms with Gasteiger partial charge < -0.3 is 0 Å². The Labute approximate surface area is 109 Å². The summed E-state index contributed by atoms with van der Waals surface area (Å²) in [4.78, 5) is 0. The molecule has 49 valence electrons. The molecule has 0 heterocycles. The average Bonchev–Trinajstić information content (AvgIpc) is 2.05. The average molecular weight is 167 g/mol. The molecular weight excluding hydrogens is 159 g/mol. The molecule has 0 atom stereocenters. The zero-order chi connectivity index (χ0) is 6.81. The van der Waals surface area contributed by atoms with Gasteiger partial charge in [-0.15, -0.1) is 0 Å². The van der Waals surface area contributed by atoms with Crippen LogP contribution in [0.5, 0.6) is 0 Å². The second kappa shape index (κ2) is 4.38. The summed E-state index contributed by atoms with van der Waals surface area (Å²) >= 11 is 0. The van der Waals surface area contributed by atoms with Crippen LogP contribution in [0.1, 0.15) is 0 Å². The molecule has 0 N–H and O–H groups in total. The predicted octanol–water partition coefficient (Wildman–Crippen LogP) is 1.99. The maximum absolute atomic E-state index is 3.04. The Morgan fingerprint density at radius 1 is 0.909 bits per heavy atom. The summed E-state index contributed by atoms with van der Waals surface area (Å²) in [5.74, 6) is 0. The first-order chi connectivity index (χ1) is 4.97. The molecule has 1 heteroatoms. The van der Waals surface area contributed by atoms with E-state index in [1.807, 2.05) is 24.3 Å². The van der Waals surface area contributed by atoms with Crippen molar-refractivity contribution >= 4 is 62.2 Å². The van der Waals surface area contributed by atoms with Crippen molar-refractivity contribution in [2.75, 3.05) is 0 Å². The topological polar surface area (TPSA) is 0 Å². The molecule has 2 rings (SSSR count). The molecule has 0 aliphatic rings. The van der Waals surface area contributed by atoms with Gasteiger partial charge in [-0.25, -0.2) is 0 Å². The normalized spacial score (nSPS) is 9.09. The standard InChI is InChI=1S/C10H7.K.H/c1-2-6-10-8-4-3-7-9(10)5-1;;/h1-3,5-8H;;. The molecular formula is C10H8K. The summed E-state index contributed by atoms with van der Waals surface area (Å²) < 4.78 is 0. The van der Waals surface area contributed by atoms with E-state index in [1.54, 1.807) is 0 Å². The molecule has 0 aliphatic heterocycles. The fourth-order valence-corrected chi connectivity index (χ4v) is 1.07. The van der Waals surface area contributed by atoms with E-state index in [0.717, 1.165) is 0 Å².